The van der Waals surface area contributed by atoms with E-state index in [2.05, 4.69) is 57.3 Å². The average Bonchev–Trinajstić information content (AvgIpc) is 2.43. The van der Waals surface area contributed by atoms with Gasteiger partial charge in [0.05, 0.1) is 6.10 Å². The van der Waals surface area contributed by atoms with Gasteiger partial charge in [-0.3, -0.25) is 0 Å². The van der Waals surface area contributed by atoms with Crippen molar-refractivity contribution < 1.29 is 4.74 Å². The maximum Gasteiger partial charge on any atom is 0.0518 e. The SMILES string of the molecule is CCCc1ccc(C(C)NCCCCOC(C)C)cc1. The molecule has 0 aliphatic heterocycles. The summed E-state index contributed by atoms with van der Waals surface area (Å²) in [4.78, 5) is 0. The zero-order valence-electron chi connectivity index (χ0n) is 13.6. The van der Waals surface area contributed by atoms with E-state index in [1.165, 1.54) is 30.4 Å². The van der Waals surface area contributed by atoms with Crippen molar-refractivity contribution in [2.24, 2.45) is 0 Å². The number of benzene rings is 1. The Morgan fingerprint density at radius 1 is 1.05 bits per heavy atom. The van der Waals surface area contributed by atoms with Crippen LogP contribution in [-0.4, -0.2) is 19.3 Å². The van der Waals surface area contributed by atoms with Gasteiger partial charge in [0.1, 0.15) is 0 Å². The molecule has 0 radical (unpaired) electrons. The van der Waals surface area contributed by atoms with E-state index in [9.17, 15) is 0 Å². The van der Waals surface area contributed by atoms with Gasteiger partial charge in [-0.1, -0.05) is 37.6 Å². The topological polar surface area (TPSA) is 21.3 Å². The Kier molecular flexibility index (Phi) is 8.56. The van der Waals surface area contributed by atoms with Crippen LogP contribution in [-0.2, 0) is 11.2 Å². The fraction of sp³-hybridized carbons (Fsp3) is 0.667. The van der Waals surface area contributed by atoms with Crippen molar-refractivity contribution in [3.05, 3.63) is 35.4 Å². The fourth-order valence-corrected chi connectivity index (χ4v) is 2.24. The molecule has 114 valence electrons. The summed E-state index contributed by atoms with van der Waals surface area (Å²) in [6.45, 7) is 10.6. The van der Waals surface area contributed by atoms with Crippen LogP contribution in [0.25, 0.3) is 0 Å². The summed E-state index contributed by atoms with van der Waals surface area (Å²) in [6, 6.07) is 9.45. The van der Waals surface area contributed by atoms with Gasteiger partial charge >= 0.3 is 0 Å². The van der Waals surface area contributed by atoms with Gasteiger partial charge in [-0.15, -0.1) is 0 Å². The molecule has 1 aromatic rings. The van der Waals surface area contributed by atoms with Crippen LogP contribution in [0.5, 0.6) is 0 Å². The van der Waals surface area contributed by atoms with E-state index < -0.39 is 0 Å². The summed E-state index contributed by atoms with van der Waals surface area (Å²) in [7, 11) is 0. The highest BCUT2D eigenvalue weighted by Crippen LogP contribution is 2.14. The molecular weight excluding hydrogens is 246 g/mol. The third-order valence-electron chi connectivity index (χ3n) is 3.49. The van der Waals surface area contributed by atoms with E-state index in [4.69, 9.17) is 4.74 Å². The summed E-state index contributed by atoms with van der Waals surface area (Å²) < 4.78 is 5.54. The lowest BCUT2D eigenvalue weighted by atomic mass is 10.0. The second kappa shape index (κ2) is 9.95. The van der Waals surface area contributed by atoms with Gasteiger partial charge in [-0.25, -0.2) is 0 Å². The first-order chi connectivity index (χ1) is 9.63. The number of rotatable bonds is 10. The molecular formula is C18H31NO. The molecule has 0 fully saturated rings. The average molecular weight is 277 g/mol. The summed E-state index contributed by atoms with van der Waals surface area (Å²) in [5, 5.41) is 3.58. The van der Waals surface area contributed by atoms with E-state index in [-0.39, 0.29) is 0 Å². The molecule has 0 aliphatic carbocycles. The van der Waals surface area contributed by atoms with Gasteiger partial charge in [0.25, 0.3) is 0 Å². The maximum absolute atomic E-state index is 5.54. The quantitative estimate of drug-likeness (QED) is 0.636. The second-order valence-corrected chi connectivity index (χ2v) is 5.79. The molecule has 20 heavy (non-hydrogen) atoms. The standard InChI is InChI=1S/C18H31NO/c1-5-8-17-9-11-18(12-10-17)16(4)19-13-6-7-14-20-15(2)3/h9-12,15-16,19H,5-8,13-14H2,1-4H3. The molecule has 0 amide bonds. The minimum absolute atomic E-state index is 0.350. The summed E-state index contributed by atoms with van der Waals surface area (Å²) in [5.74, 6) is 0. The van der Waals surface area contributed by atoms with Crippen LogP contribution in [0, 0.1) is 0 Å². The van der Waals surface area contributed by atoms with E-state index in [1.54, 1.807) is 0 Å². The van der Waals surface area contributed by atoms with Crippen molar-refractivity contribution in [3.63, 3.8) is 0 Å². The molecule has 1 rings (SSSR count). The van der Waals surface area contributed by atoms with Crippen LogP contribution >= 0.6 is 0 Å². The number of aryl methyl sites for hydroxylation is 1. The molecule has 0 aromatic heterocycles. The summed E-state index contributed by atoms with van der Waals surface area (Å²) in [5.41, 5.74) is 2.82. The first kappa shape index (κ1) is 17.2. The van der Waals surface area contributed by atoms with Crippen LogP contribution < -0.4 is 5.32 Å². The predicted octanol–water partition coefficient (Wildman–Crippen LogP) is 4.49. The van der Waals surface area contributed by atoms with Crippen molar-refractivity contribution in [1.82, 2.24) is 5.32 Å². The highest BCUT2D eigenvalue weighted by molar-refractivity contribution is 5.24. The smallest absolute Gasteiger partial charge is 0.0518 e. The van der Waals surface area contributed by atoms with Gasteiger partial charge < -0.3 is 10.1 Å². The fourth-order valence-electron chi connectivity index (χ4n) is 2.24. The highest BCUT2D eigenvalue weighted by atomic mass is 16.5. The van der Waals surface area contributed by atoms with Crippen molar-refractivity contribution in [2.75, 3.05) is 13.2 Å². The Morgan fingerprint density at radius 3 is 2.35 bits per heavy atom. The van der Waals surface area contributed by atoms with Crippen molar-refractivity contribution in [1.29, 1.82) is 0 Å². The molecule has 0 spiro atoms. The molecule has 0 bridgehead atoms. The number of hydrogen-bond acceptors (Lipinski definition) is 2. The van der Waals surface area contributed by atoms with Gasteiger partial charge in [-0.2, -0.15) is 0 Å². The van der Waals surface area contributed by atoms with Gasteiger partial charge in [-0.05, 0) is 57.7 Å². The van der Waals surface area contributed by atoms with Crippen molar-refractivity contribution >= 4 is 0 Å². The predicted molar refractivity (Wildman–Crippen MR) is 87.2 cm³/mol. The lowest BCUT2D eigenvalue weighted by Crippen LogP contribution is -2.20. The maximum atomic E-state index is 5.54. The summed E-state index contributed by atoms with van der Waals surface area (Å²) in [6.07, 6.45) is 5.05. The zero-order valence-corrected chi connectivity index (χ0v) is 13.6. The van der Waals surface area contributed by atoms with E-state index in [0.717, 1.165) is 19.6 Å². The Balaban J connectivity index is 2.20. The largest absolute Gasteiger partial charge is 0.379 e. The summed E-state index contributed by atoms with van der Waals surface area (Å²) >= 11 is 0. The van der Waals surface area contributed by atoms with Crippen LogP contribution in [0.2, 0.25) is 0 Å². The lowest BCUT2D eigenvalue weighted by molar-refractivity contribution is 0.0759. The normalized spacial score (nSPS) is 12.8. The minimum atomic E-state index is 0.350. The molecule has 1 unspecified atom stereocenters. The van der Waals surface area contributed by atoms with Crippen molar-refractivity contribution in [2.45, 2.75) is 65.5 Å². The first-order valence-electron chi connectivity index (χ1n) is 8.07. The third kappa shape index (κ3) is 7.06. The lowest BCUT2D eigenvalue weighted by Gasteiger charge is -2.15. The molecule has 1 atom stereocenters. The molecule has 1 N–H and O–H groups in total. The van der Waals surface area contributed by atoms with Gasteiger partial charge in [0.2, 0.25) is 0 Å². The Morgan fingerprint density at radius 2 is 1.75 bits per heavy atom. The Bertz CT molecular complexity index is 345. The Labute approximate surface area is 124 Å². The first-order valence-corrected chi connectivity index (χ1v) is 8.07. The second-order valence-electron chi connectivity index (χ2n) is 5.79. The monoisotopic (exact) mass is 277 g/mol. The number of nitrogens with one attached hydrogen (secondary N) is 1. The Hall–Kier alpha value is -0.860. The number of ether oxygens (including phenoxy) is 1. The van der Waals surface area contributed by atoms with E-state index in [0.29, 0.717) is 12.1 Å². The van der Waals surface area contributed by atoms with E-state index >= 15 is 0 Å². The third-order valence-corrected chi connectivity index (χ3v) is 3.49. The highest BCUT2D eigenvalue weighted by Gasteiger charge is 2.04. The molecule has 0 heterocycles. The van der Waals surface area contributed by atoms with Crippen LogP contribution in [0.3, 0.4) is 0 Å². The molecule has 0 saturated heterocycles. The van der Waals surface area contributed by atoms with E-state index in [1.807, 2.05) is 0 Å². The van der Waals surface area contributed by atoms with Crippen LogP contribution in [0.15, 0.2) is 24.3 Å². The zero-order chi connectivity index (χ0) is 14.8. The molecule has 2 heteroatoms. The molecule has 0 saturated carbocycles. The molecule has 2 nitrogen and oxygen atoms in total. The molecule has 1 aromatic carbocycles. The minimum Gasteiger partial charge on any atom is -0.379 e. The van der Waals surface area contributed by atoms with Gasteiger partial charge in [0.15, 0.2) is 0 Å². The van der Waals surface area contributed by atoms with Crippen LogP contribution in [0.4, 0.5) is 0 Å². The van der Waals surface area contributed by atoms with Crippen LogP contribution in [0.1, 0.15) is 64.1 Å². The van der Waals surface area contributed by atoms with Gasteiger partial charge in [0, 0.05) is 12.6 Å². The number of hydrogen-bond donors (Lipinski definition) is 1. The molecule has 0 aliphatic rings. The van der Waals surface area contributed by atoms with Crippen molar-refractivity contribution in [3.8, 4) is 0 Å². The number of unbranched alkanes of at least 4 members (excludes halogenated alkanes) is 1.